The quantitative estimate of drug-likeness (QED) is 0.393. The lowest BCUT2D eigenvalue weighted by atomic mass is 10.1. The summed E-state index contributed by atoms with van der Waals surface area (Å²) >= 11 is 17.5. The second kappa shape index (κ2) is 11.9. The van der Waals surface area contributed by atoms with Crippen molar-refractivity contribution in [3.63, 3.8) is 0 Å². The fourth-order valence-corrected chi connectivity index (χ4v) is 4.86. The molecule has 1 saturated heterocycles. The molecule has 0 bridgehead atoms. The average molecular weight is 547 g/mol. The van der Waals surface area contributed by atoms with Crippen molar-refractivity contribution in [2.24, 2.45) is 0 Å². The molecule has 0 saturated carbocycles. The molecule has 0 unspecified atom stereocenters. The zero-order valence-electron chi connectivity index (χ0n) is 19.6. The number of carbonyl (C=O) groups is 1. The number of hydrogen-bond donors (Lipinski definition) is 2. The van der Waals surface area contributed by atoms with E-state index in [1.165, 1.54) is 25.3 Å². The van der Waals surface area contributed by atoms with E-state index in [2.05, 4.69) is 20.4 Å². The average Bonchev–Trinajstić information content (AvgIpc) is 2.86. The largest absolute Gasteiger partial charge is 0.494 e. The Morgan fingerprint density at radius 2 is 1.67 bits per heavy atom. The number of piperazine rings is 1. The van der Waals surface area contributed by atoms with Crippen LogP contribution in [0.15, 0.2) is 60.7 Å². The highest BCUT2D eigenvalue weighted by molar-refractivity contribution is 7.80. The van der Waals surface area contributed by atoms with Crippen LogP contribution in [0.2, 0.25) is 10.0 Å². The molecule has 0 aromatic heterocycles. The smallest absolute Gasteiger partial charge is 0.257 e. The standard InChI is InChI=1S/C26H25Cl2FN4O2S/c1-35-24-21(27)14-18(15-22(24)28)25(34)31-26(36)30-19-6-8-20(9-7-19)33-12-10-32(11-13-33)16-17-4-2-3-5-23(17)29/h2-9,14-15H,10-13,16H2,1H3,(H2,30,31,34,36). The monoisotopic (exact) mass is 546 g/mol. The molecule has 1 aliphatic rings. The van der Waals surface area contributed by atoms with Crippen LogP contribution in [0.25, 0.3) is 0 Å². The SMILES string of the molecule is COc1c(Cl)cc(C(=O)NC(=S)Nc2ccc(N3CCN(Cc4ccccc4F)CC3)cc2)cc1Cl. The summed E-state index contributed by atoms with van der Waals surface area (Å²) in [7, 11) is 1.45. The Bertz CT molecular complexity index is 1230. The molecule has 6 nitrogen and oxygen atoms in total. The van der Waals surface area contributed by atoms with Gasteiger partial charge in [-0.2, -0.15) is 0 Å². The van der Waals surface area contributed by atoms with E-state index >= 15 is 0 Å². The van der Waals surface area contributed by atoms with Gasteiger partial charge in [-0.05, 0) is 54.7 Å². The van der Waals surface area contributed by atoms with E-state index in [0.29, 0.717) is 12.3 Å². The van der Waals surface area contributed by atoms with Crippen molar-refractivity contribution in [1.82, 2.24) is 10.2 Å². The van der Waals surface area contributed by atoms with E-state index in [0.717, 1.165) is 43.1 Å². The number of rotatable bonds is 6. The van der Waals surface area contributed by atoms with Gasteiger partial charge < -0.3 is 15.0 Å². The number of hydrogen-bond acceptors (Lipinski definition) is 5. The predicted octanol–water partition coefficient (Wildman–Crippen LogP) is 5.59. The molecule has 1 amide bonds. The molecule has 0 aliphatic carbocycles. The predicted molar refractivity (Wildman–Crippen MR) is 147 cm³/mol. The van der Waals surface area contributed by atoms with Gasteiger partial charge in [-0.15, -0.1) is 0 Å². The van der Waals surface area contributed by atoms with Crippen LogP contribution in [0.1, 0.15) is 15.9 Å². The molecule has 10 heteroatoms. The van der Waals surface area contributed by atoms with Crippen molar-refractivity contribution >= 4 is 57.8 Å². The number of nitrogens with one attached hydrogen (secondary N) is 2. The highest BCUT2D eigenvalue weighted by atomic mass is 35.5. The van der Waals surface area contributed by atoms with Gasteiger partial charge in [0.05, 0.1) is 17.2 Å². The molecule has 2 N–H and O–H groups in total. The van der Waals surface area contributed by atoms with Crippen molar-refractivity contribution in [2.75, 3.05) is 43.5 Å². The minimum Gasteiger partial charge on any atom is -0.494 e. The molecular formula is C26H25Cl2FN4O2S. The third kappa shape index (κ3) is 6.44. The van der Waals surface area contributed by atoms with E-state index < -0.39 is 5.91 Å². The van der Waals surface area contributed by atoms with Crippen LogP contribution in [0.5, 0.6) is 5.75 Å². The third-order valence-electron chi connectivity index (χ3n) is 5.91. The second-order valence-corrected chi connectivity index (χ2v) is 9.51. The first-order valence-electron chi connectivity index (χ1n) is 11.3. The minimum atomic E-state index is -0.441. The Morgan fingerprint density at radius 1 is 1.03 bits per heavy atom. The first-order valence-corrected chi connectivity index (χ1v) is 12.5. The Morgan fingerprint density at radius 3 is 2.28 bits per heavy atom. The van der Waals surface area contributed by atoms with Crippen LogP contribution in [0, 0.1) is 5.82 Å². The lowest BCUT2D eigenvalue weighted by Crippen LogP contribution is -2.46. The topological polar surface area (TPSA) is 56.8 Å². The molecule has 4 rings (SSSR count). The summed E-state index contributed by atoms with van der Waals surface area (Å²) in [6.07, 6.45) is 0. The van der Waals surface area contributed by atoms with Gasteiger partial charge in [0.1, 0.15) is 5.82 Å². The molecular weight excluding hydrogens is 522 g/mol. The zero-order valence-corrected chi connectivity index (χ0v) is 21.9. The number of amides is 1. The lowest BCUT2D eigenvalue weighted by Gasteiger charge is -2.36. The number of thiocarbonyl (C=S) groups is 1. The van der Waals surface area contributed by atoms with Crippen molar-refractivity contribution in [1.29, 1.82) is 0 Å². The van der Waals surface area contributed by atoms with Crippen LogP contribution >= 0.6 is 35.4 Å². The first kappa shape index (κ1) is 26.2. The Labute approximate surface area is 224 Å². The summed E-state index contributed by atoms with van der Waals surface area (Å²) in [5.41, 5.74) is 2.82. The second-order valence-electron chi connectivity index (χ2n) is 8.28. The molecule has 36 heavy (non-hydrogen) atoms. The van der Waals surface area contributed by atoms with Gasteiger partial charge in [0.25, 0.3) is 5.91 Å². The summed E-state index contributed by atoms with van der Waals surface area (Å²) in [6.45, 7) is 4.01. The molecule has 1 fully saturated rings. The number of anilines is 2. The van der Waals surface area contributed by atoms with E-state index in [1.54, 1.807) is 6.07 Å². The molecule has 1 heterocycles. The summed E-state index contributed by atoms with van der Waals surface area (Å²) < 4.78 is 19.0. The van der Waals surface area contributed by atoms with E-state index in [1.807, 2.05) is 36.4 Å². The van der Waals surface area contributed by atoms with Gasteiger partial charge in [-0.1, -0.05) is 41.4 Å². The summed E-state index contributed by atoms with van der Waals surface area (Å²) in [5.74, 6) is -0.292. The number of ether oxygens (including phenoxy) is 1. The molecule has 1 aliphatic heterocycles. The minimum absolute atomic E-state index is 0.151. The van der Waals surface area contributed by atoms with Crippen molar-refractivity contribution in [2.45, 2.75) is 6.54 Å². The van der Waals surface area contributed by atoms with Gasteiger partial charge in [-0.3, -0.25) is 15.0 Å². The van der Waals surface area contributed by atoms with Gasteiger partial charge in [0, 0.05) is 55.2 Å². The molecule has 0 spiro atoms. The Hall–Kier alpha value is -2.91. The summed E-state index contributed by atoms with van der Waals surface area (Å²) in [6, 6.07) is 17.7. The Balaban J connectivity index is 1.28. The van der Waals surface area contributed by atoms with Gasteiger partial charge in [0.15, 0.2) is 10.9 Å². The van der Waals surface area contributed by atoms with Crippen molar-refractivity contribution in [3.05, 3.63) is 87.7 Å². The van der Waals surface area contributed by atoms with E-state index in [4.69, 9.17) is 40.2 Å². The summed E-state index contributed by atoms with van der Waals surface area (Å²) in [4.78, 5) is 17.1. The molecule has 188 valence electrons. The molecule has 3 aromatic rings. The fourth-order valence-electron chi connectivity index (χ4n) is 4.01. The number of benzene rings is 3. The van der Waals surface area contributed by atoms with Crippen LogP contribution in [-0.2, 0) is 6.54 Å². The van der Waals surface area contributed by atoms with Crippen LogP contribution in [0.3, 0.4) is 0 Å². The fraction of sp³-hybridized carbons (Fsp3) is 0.231. The highest BCUT2D eigenvalue weighted by Crippen LogP contribution is 2.33. The van der Waals surface area contributed by atoms with Crippen LogP contribution in [0.4, 0.5) is 15.8 Å². The Kier molecular flexibility index (Phi) is 8.64. The lowest BCUT2D eigenvalue weighted by molar-refractivity contribution is 0.0977. The van der Waals surface area contributed by atoms with Gasteiger partial charge >= 0.3 is 0 Å². The highest BCUT2D eigenvalue weighted by Gasteiger charge is 2.19. The number of nitrogens with zero attached hydrogens (tertiary/aromatic N) is 2. The molecule has 3 aromatic carbocycles. The van der Waals surface area contributed by atoms with Crippen LogP contribution in [-0.4, -0.2) is 49.2 Å². The molecule has 0 atom stereocenters. The maximum atomic E-state index is 13.9. The normalized spacial score (nSPS) is 13.8. The van der Waals surface area contributed by atoms with Crippen molar-refractivity contribution in [3.8, 4) is 5.75 Å². The van der Waals surface area contributed by atoms with Gasteiger partial charge in [-0.25, -0.2) is 4.39 Å². The molecule has 0 radical (unpaired) electrons. The van der Waals surface area contributed by atoms with E-state index in [9.17, 15) is 9.18 Å². The number of methoxy groups -OCH3 is 1. The maximum Gasteiger partial charge on any atom is 0.257 e. The zero-order chi connectivity index (χ0) is 25.7. The number of carbonyl (C=O) groups excluding carboxylic acids is 1. The van der Waals surface area contributed by atoms with Crippen LogP contribution < -0.4 is 20.3 Å². The summed E-state index contributed by atoms with van der Waals surface area (Å²) in [5, 5.41) is 6.25. The maximum absolute atomic E-state index is 13.9. The number of halogens is 3. The van der Waals surface area contributed by atoms with Crippen molar-refractivity contribution < 1.29 is 13.9 Å². The van der Waals surface area contributed by atoms with Gasteiger partial charge in [0.2, 0.25) is 0 Å². The third-order valence-corrected chi connectivity index (χ3v) is 6.67. The van der Waals surface area contributed by atoms with E-state index in [-0.39, 0.29) is 26.5 Å². The first-order chi connectivity index (χ1) is 17.3.